The zero-order chi connectivity index (χ0) is 20.6. The number of rotatable bonds is 3. The smallest absolute Gasteiger partial charge is 0.434 e. The molecule has 150 valence electrons. The van der Waals surface area contributed by atoms with Gasteiger partial charge in [-0.15, -0.1) is 0 Å². The molecule has 1 aliphatic rings. The zero-order valence-electron chi connectivity index (χ0n) is 15.4. The Bertz CT molecular complexity index is 1050. The highest BCUT2D eigenvalue weighted by atomic mass is 19.4. The van der Waals surface area contributed by atoms with Gasteiger partial charge in [-0.1, -0.05) is 12.1 Å². The van der Waals surface area contributed by atoms with E-state index in [0.29, 0.717) is 11.4 Å². The van der Waals surface area contributed by atoms with Crippen molar-refractivity contribution in [3.8, 4) is 5.75 Å². The van der Waals surface area contributed by atoms with Gasteiger partial charge in [0.1, 0.15) is 5.75 Å². The van der Waals surface area contributed by atoms with Crippen LogP contribution in [0.5, 0.6) is 5.75 Å². The van der Waals surface area contributed by atoms with Crippen molar-refractivity contribution in [1.82, 2.24) is 19.9 Å². The van der Waals surface area contributed by atoms with Crippen molar-refractivity contribution in [1.29, 1.82) is 0 Å². The third-order valence-corrected chi connectivity index (χ3v) is 4.92. The first kappa shape index (κ1) is 19.0. The van der Waals surface area contributed by atoms with E-state index in [4.69, 9.17) is 4.74 Å². The fraction of sp³-hybridized carbons (Fsp3) is 0.250. The van der Waals surface area contributed by atoms with Crippen LogP contribution in [0.4, 0.5) is 13.2 Å². The molecule has 1 aromatic carbocycles. The van der Waals surface area contributed by atoms with Crippen LogP contribution in [0.3, 0.4) is 0 Å². The van der Waals surface area contributed by atoms with Crippen molar-refractivity contribution in [2.45, 2.75) is 18.6 Å². The van der Waals surface area contributed by atoms with Crippen LogP contribution in [0, 0.1) is 0 Å². The highest BCUT2D eigenvalue weighted by Gasteiger charge is 2.39. The van der Waals surface area contributed by atoms with E-state index in [1.54, 1.807) is 13.2 Å². The van der Waals surface area contributed by atoms with Crippen molar-refractivity contribution < 1.29 is 22.7 Å². The van der Waals surface area contributed by atoms with Crippen LogP contribution in [-0.4, -0.2) is 39.4 Å². The monoisotopic (exact) mass is 402 g/mol. The van der Waals surface area contributed by atoms with Crippen LogP contribution in [0.15, 0.2) is 48.9 Å². The first-order valence-corrected chi connectivity index (χ1v) is 8.86. The molecule has 1 unspecified atom stereocenters. The number of nitrogens with one attached hydrogen (secondary N) is 1. The molecule has 1 amide bonds. The molecular weight excluding hydrogens is 385 g/mol. The van der Waals surface area contributed by atoms with Gasteiger partial charge in [0.15, 0.2) is 5.69 Å². The van der Waals surface area contributed by atoms with Gasteiger partial charge >= 0.3 is 6.18 Å². The van der Waals surface area contributed by atoms with E-state index >= 15 is 0 Å². The molecule has 0 spiro atoms. The van der Waals surface area contributed by atoms with Crippen LogP contribution in [0.1, 0.15) is 38.9 Å². The molecule has 0 bridgehead atoms. The second kappa shape index (κ2) is 7.23. The zero-order valence-corrected chi connectivity index (χ0v) is 15.4. The van der Waals surface area contributed by atoms with Crippen molar-refractivity contribution in [3.63, 3.8) is 0 Å². The minimum Gasteiger partial charge on any atom is -0.497 e. The average molecular weight is 402 g/mol. The third-order valence-electron chi connectivity index (χ3n) is 4.92. The third kappa shape index (κ3) is 3.55. The first-order chi connectivity index (χ1) is 13.9. The quantitative estimate of drug-likeness (QED) is 0.727. The highest BCUT2D eigenvalue weighted by Crippen LogP contribution is 2.35. The van der Waals surface area contributed by atoms with Gasteiger partial charge in [-0.05, 0) is 29.8 Å². The van der Waals surface area contributed by atoms with Gasteiger partial charge in [-0.2, -0.15) is 13.2 Å². The summed E-state index contributed by atoms with van der Waals surface area (Å²) in [7, 11) is 1.55. The molecule has 1 N–H and O–H groups in total. The number of amides is 1. The molecule has 3 heterocycles. The van der Waals surface area contributed by atoms with Crippen LogP contribution in [-0.2, 0) is 12.7 Å². The molecule has 0 fully saturated rings. The summed E-state index contributed by atoms with van der Waals surface area (Å²) in [6.07, 6.45) is -2.16. The number of methoxy groups -OCH3 is 1. The Morgan fingerprint density at radius 3 is 2.83 bits per heavy atom. The fourth-order valence-electron chi connectivity index (χ4n) is 3.57. The molecule has 4 rings (SSSR count). The average Bonchev–Trinajstić information content (AvgIpc) is 3.20. The summed E-state index contributed by atoms with van der Waals surface area (Å²) < 4.78 is 45.3. The number of aromatic nitrogens is 3. The number of ether oxygens (including phenoxy) is 1. The number of nitrogens with zero attached hydrogens (tertiary/aromatic N) is 3. The summed E-state index contributed by atoms with van der Waals surface area (Å²) in [5.74, 6) is -0.372. The van der Waals surface area contributed by atoms with E-state index in [2.05, 4.69) is 15.0 Å². The molecule has 0 saturated carbocycles. The number of carbonyl (C=O) groups is 1. The Morgan fingerprint density at radius 2 is 2.07 bits per heavy atom. The van der Waals surface area contributed by atoms with Gasteiger partial charge in [0, 0.05) is 18.7 Å². The predicted molar refractivity (Wildman–Crippen MR) is 97.4 cm³/mol. The van der Waals surface area contributed by atoms with Gasteiger partial charge < -0.3 is 14.6 Å². The summed E-state index contributed by atoms with van der Waals surface area (Å²) in [6, 6.07) is 9.82. The van der Waals surface area contributed by atoms with E-state index in [0.717, 1.165) is 23.5 Å². The minimum atomic E-state index is -4.71. The number of carbonyl (C=O) groups excluding carboxylic acids is 1. The highest BCUT2D eigenvalue weighted by molar-refractivity contribution is 5.95. The Hall–Kier alpha value is -3.36. The maximum Gasteiger partial charge on any atom is 0.434 e. The molecule has 29 heavy (non-hydrogen) atoms. The summed E-state index contributed by atoms with van der Waals surface area (Å²) in [4.78, 5) is 25.2. The molecular formula is C20H17F3N4O2. The van der Waals surface area contributed by atoms with Crippen LogP contribution in [0.2, 0.25) is 0 Å². The van der Waals surface area contributed by atoms with Crippen molar-refractivity contribution in [2.75, 3.05) is 13.7 Å². The number of aromatic amines is 1. The van der Waals surface area contributed by atoms with E-state index < -0.39 is 23.3 Å². The Balaban J connectivity index is 1.71. The molecule has 0 radical (unpaired) electrons. The molecule has 2 aromatic heterocycles. The predicted octanol–water partition coefficient (Wildman–Crippen LogP) is 3.62. The second-order valence-electron chi connectivity index (χ2n) is 6.68. The largest absolute Gasteiger partial charge is 0.497 e. The summed E-state index contributed by atoms with van der Waals surface area (Å²) >= 11 is 0. The van der Waals surface area contributed by atoms with Crippen molar-refractivity contribution in [2.24, 2.45) is 0 Å². The lowest BCUT2D eigenvalue weighted by atomic mass is 9.90. The van der Waals surface area contributed by atoms with E-state index in [1.807, 2.05) is 18.2 Å². The lowest BCUT2D eigenvalue weighted by molar-refractivity contribution is -0.141. The fourth-order valence-corrected chi connectivity index (χ4v) is 3.57. The van der Waals surface area contributed by atoms with Crippen molar-refractivity contribution in [3.05, 3.63) is 77.1 Å². The molecule has 1 aliphatic heterocycles. The Kier molecular flexibility index (Phi) is 4.73. The maximum absolute atomic E-state index is 13.3. The summed E-state index contributed by atoms with van der Waals surface area (Å²) in [5.41, 5.74) is 0.669. The number of pyridine rings is 1. The topological polar surface area (TPSA) is 71.1 Å². The number of hydrogen-bond donors (Lipinski definition) is 1. The number of imidazole rings is 1. The molecule has 9 heteroatoms. The van der Waals surface area contributed by atoms with Gasteiger partial charge in [0.05, 0.1) is 36.9 Å². The Morgan fingerprint density at radius 1 is 1.24 bits per heavy atom. The Labute approximate surface area is 164 Å². The van der Waals surface area contributed by atoms with Crippen LogP contribution >= 0.6 is 0 Å². The summed E-state index contributed by atoms with van der Waals surface area (Å²) in [6.45, 7) is 0.330. The molecule has 0 aliphatic carbocycles. The SMILES string of the molecule is COc1cccc(C2CN(C(=O)c3cccnc3C(F)(F)F)Cc3[nH]cnc32)c1. The molecule has 3 aromatic rings. The lowest BCUT2D eigenvalue weighted by Gasteiger charge is -2.32. The molecule has 6 nitrogen and oxygen atoms in total. The van der Waals surface area contributed by atoms with E-state index in [1.165, 1.54) is 17.3 Å². The molecule has 0 saturated heterocycles. The first-order valence-electron chi connectivity index (χ1n) is 8.86. The maximum atomic E-state index is 13.3. The second-order valence-corrected chi connectivity index (χ2v) is 6.68. The van der Waals surface area contributed by atoms with Crippen molar-refractivity contribution >= 4 is 5.91 Å². The molecule has 1 atom stereocenters. The van der Waals surface area contributed by atoms with Crippen LogP contribution in [0.25, 0.3) is 0 Å². The number of alkyl halides is 3. The normalized spacial score (nSPS) is 16.4. The number of halogens is 3. The number of hydrogen-bond acceptors (Lipinski definition) is 4. The lowest BCUT2D eigenvalue weighted by Crippen LogP contribution is -2.39. The van der Waals surface area contributed by atoms with Crippen LogP contribution < -0.4 is 4.74 Å². The standard InChI is InChI=1S/C20H17F3N4O2/c1-29-13-5-2-4-12(8-13)15-9-27(10-16-17(15)26-11-25-16)19(28)14-6-3-7-24-18(14)20(21,22)23/h2-8,11,15H,9-10H2,1H3,(H,25,26). The van der Waals surface area contributed by atoms with E-state index in [9.17, 15) is 18.0 Å². The van der Waals surface area contributed by atoms with E-state index in [-0.39, 0.29) is 19.0 Å². The van der Waals surface area contributed by atoms with Gasteiger partial charge in [-0.25, -0.2) is 4.98 Å². The van der Waals surface area contributed by atoms with Gasteiger partial charge in [0.2, 0.25) is 0 Å². The number of benzene rings is 1. The number of fused-ring (bicyclic) bond motifs is 1. The van der Waals surface area contributed by atoms with Gasteiger partial charge in [-0.3, -0.25) is 9.78 Å². The summed E-state index contributed by atoms with van der Waals surface area (Å²) in [5, 5.41) is 0. The van der Waals surface area contributed by atoms with Gasteiger partial charge in [0.25, 0.3) is 5.91 Å². The number of H-pyrrole nitrogens is 1. The minimum absolute atomic E-state index is 0.140.